The number of rotatable bonds is 3. The number of carbonyl (C=O) groups excluding carboxylic acids is 2. The van der Waals surface area contributed by atoms with Crippen LogP contribution in [0, 0.1) is 19.8 Å². The van der Waals surface area contributed by atoms with E-state index in [9.17, 15) is 9.59 Å². The van der Waals surface area contributed by atoms with Gasteiger partial charge >= 0.3 is 0 Å². The van der Waals surface area contributed by atoms with Crippen molar-refractivity contribution in [3.8, 4) is 0 Å². The SMILES string of the molecule is CSC(C)(C)C1CC(=O)C(c2cc(C)ccc2C)C(=O)C1. The number of hydrogen-bond donors (Lipinski definition) is 0. The fraction of sp³-hybridized carbons (Fsp3) is 0.556. The first-order valence-electron chi connectivity index (χ1n) is 7.44. The Kier molecular flexibility index (Phi) is 4.62. The van der Waals surface area contributed by atoms with Crippen LogP contribution in [0.1, 0.15) is 49.3 Å². The van der Waals surface area contributed by atoms with Crippen molar-refractivity contribution >= 4 is 23.3 Å². The fourth-order valence-corrected chi connectivity index (χ4v) is 3.55. The Balaban J connectivity index is 2.31. The second-order valence-electron chi connectivity index (χ2n) is 6.64. The molecule has 1 fully saturated rings. The Morgan fingerprint density at radius 2 is 1.67 bits per heavy atom. The number of hydrogen-bond acceptors (Lipinski definition) is 3. The van der Waals surface area contributed by atoms with Crippen molar-refractivity contribution in [1.29, 1.82) is 0 Å². The summed E-state index contributed by atoms with van der Waals surface area (Å²) in [5, 5.41) is 0. The van der Waals surface area contributed by atoms with Gasteiger partial charge in [0.15, 0.2) is 0 Å². The molecule has 0 spiro atoms. The summed E-state index contributed by atoms with van der Waals surface area (Å²) in [6, 6.07) is 6.02. The van der Waals surface area contributed by atoms with Gasteiger partial charge in [-0.3, -0.25) is 9.59 Å². The van der Waals surface area contributed by atoms with E-state index < -0.39 is 5.92 Å². The minimum absolute atomic E-state index is 0.0298. The standard InChI is InChI=1S/C18H24O2S/c1-11-6-7-12(2)14(8-11)17-15(19)9-13(10-16(17)20)18(3,4)21-5/h6-8,13,17H,9-10H2,1-5H3. The summed E-state index contributed by atoms with van der Waals surface area (Å²) in [5.41, 5.74) is 3.04. The van der Waals surface area contributed by atoms with Crippen LogP contribution in [0.5, 0.6) is 0 Å². The summed E-state index contributed by atoms with van der Waals surface area (Å²) < 4.78 is -0.0298. The summed E-state index contributed by atoms with van der Waals surface area (Å²) in [4.78, 5) is 25.2. The van der Waals surface area contributed by atoms with E-state index in [0.29, 0.717) is 12.8 Å². The van der Waals surface area contributed by atoms with Crippen LogP contribution < -0.4 is 0 Å². The Labute approximate surface area is 131 Å². The highest BCUT2D eigenvalue weighted by Gasteiger charge is 2.42. The largest absolute Gasteiger partial charge is 0.299 e. The van der Waals surface area contributed by atoms with E-state index in [4.69, 9.17) is 0 Å². The van der Waals surface area contributed by atoms with Gasteiger partial charge in [0, 0.05) is 17.6 Å². The first kappa shape index (κ1) is 16.3. The second-order valence-corrected chi connectivity index (χ2v) is 8.10. The van der Waals surface area contributed by atoms with Crippen LogP contribution in [0.15, 0.2) is 18.2 Å². The van der Waals surface area contributed by atoms with Crippen LogP contribution in [0.25, 0.3) is 0 Å². The zero-order chi connectivity index (χ0) is 15.8. The molecule has 1 aromatic carbocycles. The van der Waals surface area contributed by atoms with Gasteiger partial charge in [-0.25, -0.2) is 0 Å². The third-order valence-corrected chi connectivity index (χ3v) is 6.18. The summed E-state index contributed by atoms with van der Waals surface area (Å²) >= 11 is 1.74. The molecule has 0 aromatic heterocycles. The maximum absolute atomic E-state index is 12.6. The lowest BCUT2D eigenvalue weighted by atomic mass is 9.72. The molecular formula is C18H24O2S. The van der Waals surface area contributed by atoms with E-state index in [1.54, 1.807) is 11.8 Å². The molecule has 114 valence electrons. The molecule has 0 amide bonds. The van der Waals surface area contributed by atoms with Gasteiger partial charge in [0.2, 0.25) is 0 Å². The molecule has 0 N–H and O–H groups in total. The summed E-state index contributed by atoms with van der Waals surface area (Å²) in [5.74, 6) is -0.216. The van der Waals surface area contributed by atoms with Crippen LogP contribution >= 0.6 is 11.8 Å². The first-order valence-corrected chi connectivity index (χ1v) is 8.66. The zero-order valence-electron chi connectivity index (χ0n) is 13.5. The minimum atomic E-state index is -0.543. The molecule has 0 unspecified atom stereocenters. The molecule has 2 nitrogen and oxygen atoms in total. The summed E-state index contributed by atoms with van der Waals surface area (Å²) in [6.07, 6.45) is 3.07. The van der Waals surface area contributed by atoms with Crippen molar-refractivity contribution in [1.82, 2.24) is 0 Å². The first-order chi connectivity index (χ1) is 9.76. The van der Waals surface area contributed by atoms with Crippen molar-refractivity contribution in [3.05, 3.63) is 34.9 Å². The maximum Gasteiger partial charge on any atom is 0.148 e. The quantitative estimate of drug-likeness (QED) is 0.789. The zero-order valence-corrected chi connectivity index (χ0v) is 14.3. The molecule has 1 aliphatic carbocycles. The molecule has 1 saturated carbocycles. The number of thioether (sulfide) groups is 1. The molecule has 0 bridgehead atoms. The molecular weight excluding hydrogens is 280 g/mol. The van der Waals surface area contributed by atoms with Gasteiger partial charge in [-0.15, -0.1) is 0 Å². The van der Waals surface area contributed by atoms with Gasteiger partial charge in [0.05, 0.1) is 0 Å². The third kappa shape index (κ3) is 3.23. The average molecular weight is 304 g/mol. The normalized spacial score (nSPS) is 23.5. The van der Waals surface area contributed by atoms with Crippen LogP contribution in [0.3, 0.4) is 0 Å². The van der Waals surface area contributed by atoms with Crippen LogP contribution in [0.4, 0.5) is 0 Å². The lowest BCUT2D eigenvalue weighted by Gasteiger charge is -2.37. The number of aryl methyl sites for hydroxylation is 2. The van der Waals surface area contributed by atoms with E-state index in [2.05, 4.69) is 13.8 Å². The van der Waals surface area contributed by atoms with E-state index >= 15 is 0 Å². The highest BCUT2D eigenvalue weighted by atomic mass is 32.2. The van der Waals surface area contributed by atoms with Crippen LogP contribution in [-0.2, 0) is 9.59 Å². The maximum atomic E-state index is 12.6. The monoisotopic (exact) mass is 304 g/mol. The van der Waals surface area contributed by atoms with Crippen molar-refractivity contribution in [2.24, 2.45) is 5.92 Å². The minimum Gasteiger partial charge on any atom is -0.299 e. The lowest BCUT2D eigenvalue weighted by molar-refractivity contribution is -0.134. The van der Waals surface area contributed by atoms with Gasteiger partial charge in [-0.05, 0) is 37.1 Å². The van der Waals surface area contributed by atoms with E-state index in [-0.39, 0.29) is 22.2 Å². The Morgan fingerprint density at radius 1 is 1.10 bits per heavy atom. The number of ketones is 2. The average Bonchev–Trinajstić information content (AvgIpc) is 2.41. The molecule has 21 heavy (non-hydrogen) atoms. The fourth-order valence-electron chi connectivity index (χ4n) is 3.05. The van der Waals surface area contributed by atoms with Crippen molar-refractivity contribution in [2.75, 3.05) is 6.26 Å². The van der Waals surface area contributed by atoms with E-state index in [1.165, 1.54) is 0 Å². The highest BCUT2D eigenvalue weighted by molar-refractivity contribution is 7.99. The second kappa shape index (κ2) is 5.96. The predicted octanol–water partition coefficient (Wildman–Crippen LogP) is 4.08. The highest BCUT2D eigenvalue weighted by Crippen LogP contribution is 2.41. The molecule has 1 aromatic rings. The predicted molar refractivity (Wildman–Crippen MR) is 89.0 cm³/mol. The lowest BCUT2D eigenvalue weighted by Crippen LogP contribution is -2.40. The summed E-state index contributed by atoms with van der Waals surface area (Å²) in [6.45, 7) is 8.23. The van der Waals surface area contributed by atoms with Crippen molar-refractivity contribution < 1.29 is 9.59 Å². The molecule has 0 saturated heterocycles. The number of Topliss-reactive ketones (excluding diaryl/α,β-unsaturated/α-hetero) is 2. The molecule has 3 heteroatoms. The van der Waals surface area contributed by atoms with Gasteiger partial charge in [-0.1, -0.05) is 37.6 Å². The smallest absolute Gasteiger partial charge is 0.148 e. The van der Waals surface area contributed by atoms with Crippen LogP contribution in [0.2, 0.25) is 0 Å². The number of benzene rings is 1. The molecule has 0 aliphatic heterocycles. The van der Waals surface area contributed by atoms with Crippen molar-refractivity contribution in [3.63, 3.8) is 0 Å². The molecule has 0 heterocycles. The summed E-state index contributed by atoms with van der Waals surface area (Å²) in [7, 11) is 0. The van der Waals surface area contributed by atoms with E-state index in [0.717, 1.165) is 16.7 Å². The van der Waals surface area contributed by atoms with Gasteiger partial charge in [0.1, 0.15) is 17.5 Å². The Morgan fingerprint density at radius 3 is 2.19 bits per heavy atom. The third-order valence-electron chi connectivity index (χ3n) is 4.79. The van der Waals surface area contributed by atoms with Crippen molar-refractivity contribution in [2.45, 2.75) is 51.2 Å². The number of carbonyl (C=O) groups is 2. The molecule has 0 radical (unpaired) electrons. The molecule has 1 aliphatic rings. The van der Waals surface area contributed by atoms with Crippen LogP contribution in [-0.4, -0.2) is 22.6 Å². The molecule has 2 rings (SSSR count). The van der Waals surface area contributed by atoms with Gasteiger partial charge in [-0.2, -0.15) is 11.8 Å². The topological polar surface area (TPSA) is 34.1 Å². The van der Waals surface area contributed by atoms with Gasteiger partial charge < -0.3 is 0 Å². The van der Waals surface area contributed by atoms with Gasteiger partial charge in [0.25, 0.3) is 0 Å². The molecule has 0 atom stereocenters. The Hall–Kier alpha value is -1.09. The Bertz CT molecular complexity index is 557. The van der Waals surface area contributed by atoms with E-state index in [1.807, 2.05) is 38.3 Å².